The van der Waals surface area contributed by atoms with E-state index in [4.69, 9.17) is 14.7 Å². The molecule has 1 heterocycles. The second-order valence-electron chi connectivity index (χ2n) is 6.91. The lowest BCUT2D eigenvalue weighted by Gasteiger charge is -2.57. The first-order valence-corrected chi connectivity index (χ1v) is 7.96. The highest BCUT2D eigenvalue weighted by Gasteiger charge is 2.61. The number of benzene rings is 1. The highest BCUT2D eigenvalue weighted by molar-refractivity contribution is 5.78. The molecule has 1 saturated carbocycles. The summed E-state index contributed by atoms with van der Waals surface area (Å²) in [5.41, 5.74) is 0.409. The molecule has 1 amide bonds. The van der Waals surface area contributed by atoms with Gasteiger partial charge < -0.3 is 14.4 Å². The lowest BCUT2D eigenvalue weighted by molar-refractivity contribution is -0.168. The molecule has 1 aromatic carbocycles. The minimum absolute atomic E-state index is 0.0316. The van der Waals surface area contributed by atoms with E-state index in [1.165, 1.54) is 0 Å². The maximum Gasteiger partial charge on any atom is 0.260 e. The first-order valence-electron chi connectivity index (χ1n) is 7.96. The predicted molar refractivity (Wildman–Crippen MR) is 84.8 cm³/mol. The van der Waals surface area contributed by atoms with E-state index in [2.05, 4.69) is 19.9 Å². The summed E-state index contributed by atoms with van der Waals surface area (Å²) in [7, 11) is 1.84. The molecule has 0 bridgehead atoms. The van der Waals surface area contributed by atoms with Crippen molar-refractivity contribution in [2.24, 2.45) is 11.3 Å². The van der Waals surface area contributed by atoms with Crippen LogP contribution < -0.4 is 4.74 Å². The molecule has 3 unspecified atom stereocenters. The normalized spacial score (nSPS) is 27.5. The summed E-state index contributed by atoms with van der Waals surface area (Å²) >= 11 is 0. The van der Waals surface area contributed by atoms with Crippen LogP contribution in [0.15, 0.2) is 24.3 Å². The second kappa shape index (κ2) is 5.86. The third-order valence-electron chi connectivity index (χ3n) is 5.21. The zero-order chi connectivity index (χ0) is 16.6. The average molecular weight is 314 g/mol. The molecule has 23 heavy (non-hydrogen) atoms. The predicted octanol–water partition coefficient (Wildman–Crippen LogP) is 2.21. The van der Waals surface area contributed by atoms with Crippen LogP contribution in [0.4, 0.5) is 0 Å². The van der Waals surface area contributed by atoms with Gasteiger partial charge in [0.15, 0.2) is 6.61 Å². The Hall–Kier alpha value is -2.06. The van der Waals surface area contributed by atoms with Crippen LogP contribution in [0, 0.1) is 22.7 Å². The van der Waals surface area contributed by atoms with Crippen LogP contribution in [0.3, 0.4) is 0 Å². The fourth-order valence-corrected chi connectivity index (χ4v) is 4.17. The van der Waals surface area contributed by atoms with Gasteiger partial charge in [-0.2, -0.15) is 5.26 Å². The molecular weight excluding hydrogens is 292 g/mol. The Morgan fingerprint density at radius 1 is 1.48 bits per heavy atom. The quantitative estimate of drug-likeness (QED) is 0.855. The van der Waals surface area contributed by atoms with Crippen molar-refractivity contribution < 1.29 is 14.3 Å². The molecule has 2 fully saturated rings. The third kappa shape index (κ3) is 2.57. The number of hydrogen-bond acceptors (Lipinski definition) is 4. The van der Waals surface area contributed by atoms with Crippen LogP contribution in [0.5, 0.6) is 5.75 Å². The number of ether oxygens (including phenoxy) is 2. The van der Waals surface area contributed by atoms with Crippen LogP contribution >= 0.6 is 0 Å². The molecule has 0 radical (unpaired) electrons. The van der Waals surface area contributed by atoms with Gasteiger partial charge in [0.25, 0.3) is 5.91 Å². The Kier molecular flexibility index (Phi) is 4.03. The summed E-state index contributed by atoms with van der Waals surface area (Å²) in [5, 5.41) is 9.06. The number of hydrogen-bond donors (Lipinski definition) is 0. The SMILES string of the molecule is CN(C(=O)COc1ccccc1C#N)C1C2CCOC2C1(C)C. The molecule has 5 nitrogen and oxygen atoms in total. The smallest absolute Gasteiger partial charge is 0.260 e. The fourth-order valence-electron chi connectivity index (χ4n) is 4.17. The van der Waals surface area contributed by atoms with E-state index in [0.29, 0.717) is 17.2 Å². The van der Waals surface area contributed by atoms with Gasteiger partial charge in [-0.1, -0.05) is 26.0 Å². The number of amides is 1. The van der Waals surface area contributed by atoms with Gasteiger partial charge in [-0.05, 0) is 18.6 Å². The highest BCUT2D eigenvalue weighted by Crippen LogP contribution is 2.54. The molecule has 2 aliphatic rings. The van der Waals surface area contributed by atoms with Crippen molar-refractivity contribution in [2.45, 2.75) is 32.4 Å². The van der Waals surface area contributed by atoms with Crippen LogP contribution in [0.25, 0.3) is 0 Å². The van der Waals surface area contributed by atoms with Gasteiger partial charge in [0, 0.05) is 31.0 Å². The Balaban J connectivity index is 1.64. The van der Waals surface area contributed by atoms with Gasteiger partial charge in [0.05, 0.1) is 11.7 Å². The van der Waals surface area contributed by atoms with Gasteiger partial charge in [-0.25, -0.2) is 0 Å². The fraction of sp³-hybridized carbons (Fsp3) is 0.556. The zero-order valence-electron chi connectivity index (χ0n) is 13.8. The average Bonchev–Trinajstić information content (AvgIpc) is 2.99. The van der Waals surface area contributed by atoms with Crippen LogP contribution in [0.2, 0.25) is 0 Å². The highest BCUT2D eigenvalue weighted by atomic mass is 16.5. The lowest BCUT2D eigenvalue weighted by Crippen LogP contribution is -2.67. The number of nitrogens with zero attached hydrogens (tertiary/aromatic N) is 2. The standard InChI is InChI=1S/C18H22N2O3/c1-18(2)16(13-8-9-22-17(13)18)20(3)15(21)11-23-14-7-5-4-6-12(14)10-19/h4-7,13,16-17H,8-9,11H2,1-3H3. The van der Waals surface area contributed by atoms with Crippen molar-refractivity contribution >= 4 is 5.91 Å². The number of para-hydroxylation sites is 1. The Morgan fingerprint density at radius 3 is 2.96 bits per heavy atom. The zero-order valence-corrected chi connectivity index (χ0v) is 13.8. The van der Waals surface area contributed by atoms with Crippen LogP contribution in [0.1, 0.15) is 25.8 Å². The van der Waals surface area contributed by atoms with E-state index in [1.807, 2.05) is 7.05 Å². The molecule has 1 aromatic rings. The largest absolute Gasteiger partial charge is 0.482 e. The first-order chi connectivity index (χ1) is 11.0. The van der Waals surface area contributed by atoms with Crippen molar-refractivity contribution in [3.63, 3.8) is 0 Å². The first kappa shape index (κ1) is 15.8. The van der Waals surface area contributed by atoms with E-state index in [9.17, 15) is 4.79 Å². The van der Waals surface area contributed by atoms with E-state index >= 15 is 0 Å². The van der Waals surface area contributed by atoms with Crippen LogP contribution in [-0.4, -0.2) is 43.2 Å². The second-order valence-corrected chi connectivity index (χ2v) is 6.91. The summed E-state index contributed by atoms with van der Waals surface area (Å²) < 4.78 is 11.3. The van der Waals surface area contributed by atoms with Gasteiger partial charge >= 0.3 is 0 Å². The molecule has 1 saturated heterocycles. The number of rotatable bonds is 4. The van der Waals surface area contributed by atoms with E-state index in [-0.39, 0.29) is 30.1 Å². The van der Waals surface area contributed by atoms with Gasteiger partial charge in [0.1, 0.15) is 11.8 Å². The Morgan fingerprint density at radius 2 is 2.22 bits per heavy atom. The third-order valence-corrected chi connectivity index (χ3v) is 5.21. The van der Waals surface area contributed by atoms with Crippen molar-refractivity contribution in [3.8, 4) is 11.8 Å². The van der Waals surface area contributed by atoms with Gasteiger partial charge in [-0.3, -0.25) is 4.79 Å². The monoisotopic (exact) mass is 314 g/mol. The number of carbonyl (C=O) groups is 1. The number of fused-ring (bicyclic) bond motifs is 1. The molecule has 0 spiro atoms. The minimum atomic E-state index is -0.0684. The molecule has 0 aromatic heterocycles. The Bertz CT molecular complexity index is 650. The summed E-state index contributed by atoms with van der Waals surface area (Å²) in [5.74, 6) is 0.804. The molecule has 1 aliphatic heterocycles. The molecule has 122 valence electrons. The summed E-state index contributed by atoms with van der Waals surface area (Å²) in [6.07, 6.45) is 1.26. The maximum absolute atomic E-state index is 12.5. The van der Waals surface area contributed by atoms with Gasteiger partial charge in [-0.15, -0.1) is 0 Å². The molecule has 1 aliphatic carbocycles. The molecule has 3 rings (SSSR count). The van der Waals surface area contributed by atoms with Crippen molar-refractivity contribution in [2.75, 3.05) is 20.3 Å². The van der Waals surface area contributed by atoms with E-state index in [1.54, 1.807) is 29.2 Å². The summed E-state index contributed by atoms with van der Waals surface area (Å²) in [4.78, 5) is 14.3. The van der Waals surface area contributed by atoms with E-state index in [0.717, 1.165) is 13.0 Å². The number of nitriles is 1. The van der Waals surface area contributed by atoms with E-state index < -0.39 is 0 Å². The van der Waals surface area contributed by atoms with Gasteiger partial charge in [0.2, 0.25) is 0 Å². The number of likely N-dealkylation sites (N-methyl/N-ethyl adjacent to an activating group) is 1. The molecule has 3 atom stereocenters. The topological polar surface area (TPSA) is 62.6 Å². The summed E-state index contributed by atoms with van der Waals surface area (Å²) in [6, 6.07) is 9.20. The number of carbonyl (C=O) groups excluding carboxylic acids is 1. The molecule has 5 heteroatoms. The van der Waals surface area contributed by atoms with Crippen LogP contribution in [-0.2, 0) is 9.53 Å². The van der Waals surface area contributed by atoms with Crippen molar-refractivity contribution in [3.05, 3.63) is 29.8 Å². The summed E-state index contributed by atoms with van der Waals surface area (Å²) in [6.45, 7) is 5.03. The molecular formula is C18H22N2O3. The maximum atomic E-state index is 12.5. The van der Waals surface area contributed by atoms with Crippen molar-refractivity contribution in [1.82, 2.24) is 4.90 Å². The lowest BCUT2D eigenvalue weighted by atomic mass is 9.57. The molecule has 0 N–H and O–H groups in total. The van der Waals surface area contributed by atoms with Crippen molar-refractivity contribution in [1.29, 1.82) is 5.26 Å². The Labute approximate surface area is 136 Å². The minimum Gasteiger partial charge on any atom is -0.482 e.